The van der Waals surface area contributed by atoms with Crippen molar-refractivity contribution in [1.29, 1.82) is 5.26 Å². The van der Waals surface area contributed by atoms with Gasteiger partial charge < -0.3 is 4.90 Å². The molecule has 34 heavy (non-hydrogen) atoms. The van der Waals surface area contributed by atoms with Crippen LogP contribution in [0.1, 0.15) is 40.4 Å². The van der Waals surface area contributed by atoms with Crippen molar-refractivity contribution in [2.45, 2.75) is 18.8 Å². The molecule has 0 N–H and O–H groups in total. The first-order valence-corrected chi connectivity index (χ1v) is 11.2. The lowest BCUT2D eigenvalue weighted by molar-refractivity contribution is 0.0712. The van der Waals surface area contributed by atoms with E-state index in [0.717, 1.165) is 35.4 Å². The number of hydrogen-bond donors (Lipinski definition) is 0. The van der Waals surface area contributed by atoms with Gasteiger partial charge in [0.15, 0.2) is 5.82 Å². The van der Waals surface area contributed by atoms with Gasteiger partial charge in [-0.3, -0.25) is 14.8 Å². The Bertz CT molecular complexity index is 1330. The highest BCUT2D eigenvalue weighted by Crippen LogP contribution is 2.35. The zero-order chi connectivity index (χ0) is 23.3. The average molecular weight is 447 g/mol. The zero-order valence-corrected chi connectivity index (χ0v) is 18.5. The van der Waals surface area contributed by atoms with Crippen LogP contribution in [0.25, 0.3) is 22.6 Å². The molecule has 0 atom stereocenters. The second-order valence-corrected chi connectivity index (χ2v) is 8.20. The van der Waals surface area contributed by atoms with Gasteiger partial charge >= 0.3 is 0 Å². The molecule has 0 radical (unpaired) electrons. The maximum atomic E-state index is 13.0. The van der Waals surface area contributed by atoms with E-state index in [2.05, 4.69) is 21.0 Å². The molecule has 0 spiro atoms. The molecule has 0 aliphatic carbocycles. The van der Waals surface area contributed by atoms with Crippen molar-refractivity contribution in [2.24, 2.45) is 0 Å². The van der Waals surface area contributed by atoms with E-state index in [0.29, 0.717) is 30.0 Å². The fourth-order valence-corrected chi connectivity index (χ4v) is 4.30. The highest BCUT2D eigenvalue weighted by molar-refractivity contribution is 5.94. The van der Waals surface area contributed by atoms with Gasteiger partial charge in [-0.05, 0) is 66.9 Å². The van der Waals surface area contributed by atoms with Gasteiger partial charge in [0.25, 0.3) is 5.91 Å². The average Bonchev–Trinajstić information content (AvgIpc) is 2.93. The molecular weight excluding hydrogens is 424 g/mol. The predicted octanol–water partition coefficient (Wildman–Crippen LogP) is 4.49. The summed E-state index contributed by atoms with van der Waals surface area (Å²) < 4.78 is 0. The fraction of sp³-hybridized carbons (Fsp3) is 0.185. The van der Waals surface area contributed by atoms with Crippen LogP contribution in [-0.2, 0) is 0 Å². The Labute approximate surface area is 197 Å². The van der Waals surface area contributed by atoms with Crippen LogP contribution >= 0.6 is 0 Å². The monoisotopic (exact) mass is 446 g/mol. The zero-order valence-electron chi connectivity index (χ0n) is 18.5. The number of piperidine rings is 1. The molecule has 5 rings (SSSR count). The molecule has 0 unspecified atom stereocenters. The summed E-state index contributed by atoms with van der Waals surface area (Å²) in [4.78, 5) is 33.0. The number of nitrogens with zero attached hydrogens (tertiary/aromatic N) is 6. The van der Waals surface area contributed by atoms with E-state index < -0.39 is 0 Å². The molecule has 1 fully saturated rings. The summed E-state index contributed by atoms with van der Waals surface area (Å²) in [5.41, 5.74) is 4.87. The van der Waals surface area contributed by atoms with Crippen LogP contribution in [0.5, 0.6) is 0 Å². The lowest BCUT2D eigenvalue weighted by atomic mass is 9.88. The van der Waals surface area contributed by atoms with E-state index in [4.69, 9.17) is 10.2 Å². The van der Waals surface area contributed by atoms with Gasteiger partial charge in [-0.1, -0.05) is 6.07 Å². The molecule has 1 amide bonds. The topological polar surface area (TPSA) is 95.7 Å². The summed E-state index contributed by atoms with van der Waals surface area (Å²) in [7, 11) is 0. The standard InChI is InChI=1S/C27H22N6O/c28-17-19-4-6-22(7-5-19)27(34)33-15-10-21(11-16-33)25-23(20-8-13-29-14-9-20)18-31-26(32-25)24-3-1-2-12-30-24/h1-9,12-14,18,21H,10-11,15-16H2. The van der Waals surface area contributed by atoms with Crippen molar-refractivity contribution >= 4 is 5.91 Å². The van der Waals surface area contributed by atoms with Gasteiger partial charge in [0, 0.05) is 54.9 Å². The van der Waals surface area contributed by atoms with Crippen molar-refractivity contribution < 1.29 is 4.79 Å². The van der Waals surface area contributed by atoms with E-state index in [1.807, 2.05) is 41.4 Å². The number of amides is 1. The third-order valence-corrected chi connectivity index (χ3v) is 6.13. The summed E-state index contributed by atoms with van der Waals surface area (Å²) in [6.45, 7) is 1.28. The summed E-state index contributed by atoms with van der Waals surface area (Å²) in [6.07, 6.45) is 8.76. The van der Waals surface area contributed by atoms with E-state index in [1.54, 1.807) is 42.9 Å². The van der Waals surface area contributed by atoms with E-state index in [1.165, 1.54) is 0 Å². The Hall–Kier alpha value is -4.44. The van der Waals surface area contributed by atoms with Gasteiger partial charge in [0.2, 0.25) is 0 Å². The van der Waals surface area contributed by atoms with Crippen molar-refractivity contribution in [3.05, 3.63) is 96.2 Å². The molecule has 4 aromatic rings. The molecule has 1 aliphatic rings. The third-order valence-electron chi connectivity index (χ3n) is 6.13. The van der Waals surface area contributed by atoms with Gasteiger partial charge in [0.1, 0.15) is 5.69 Å². The molecule has 0 bridgehead atoms. The van der Waals surface area contributed by atoms with E-state index in [-0.39, 0.29) is 11.8 Å². The Balaban J connectivity index is 1.40. The lowest BCUT2D eigenvalue weighted by Crippen LogP contribution is -2.38. The molecule has 7 nitrogen and oxygen atoms in total. The molecule has 7 heteroatoms. The Kier molecular flexibility index (Phi) is 6.04. The van der Waals surface area contributed by atoms with Gasteiger partial charge in [-0.25, -0.2) is 9.97 Å². The Morgan fingerprint density at radius 3 is 2.38 bits per heavy atom. The first-order valence-electron chi connectivity index (χ1n) is 11.2. The first kappa shape index (κ1) is 21.4. The number of pyridine rings is 2. The maximum Gasteiger partial charge on any atom is 0.253 e. The minimum atomic E-state index is -0.00541. The van der Waals surface area contributed by atoms with Crippen LogP contribution in [0.4, 0.5) is 0 Å². The molecule has 1 saturated heterocycles. The largest absolute Gasteiger partial charge is 0.339 e. The number of carbonyl (C=O) groups is 1. The van der Waals surface area contributed by atoms with Crippen LogP contribution in [0.15, 0.2) is 79.4 Å². The second-order valence-electron chi connectivity index (χ2n) is 8.20. The summed E-state index contributed by atoms with van der Waals surface area (Å²) in [5.74, 6) is 0.789. The van der Waals surface area contributed by atoms with Crippen molar-refractivity contribution in [3.63, 3.8) is 0 Å². The van der Waals surface area contributed by atoms with Crippen LogP contribution < -0.4 is 0 Å². The molecule has 166 valence electrons. The highest BCUT2D eigenvalue weighted by atomic mass is 16.2. The number of nitriles is 1. The van der Waals surface area contributed by atoms with Gasteiger partial charge in [0.05, 0.1) is 17.3 Å². The second kappa shape index (κ2) is 9.59. The van der Waals surface area contributed by atoms with Gasteiger partial charge in [-0.2, -0.15) is 5.26 Å². The third kappa shape index (κ3) is 4.39. The number of carbonyl (C=O) groups excluding carboxylic acids is 1. The van der Waals surface area contributed by atoms with Crippen LogP contribution in [-0.4, -0.2) is 43.8 Å². The summed E-state index contributed by atoms with van der Waals surface area (Å²) in [6, 6.07) is 18.5. The first-order chi connectivity index (χ1) is 16.7. The Morgan fingerprint density at radius 2 is 1.71 bits per heavy atom. The van der Waals surface area contributed by atoms with Crippen LogP contribution in [0.3, 0.4) is 0 Å². The number of hydrogen-bond acceptors (Lipinski definition) is 6. The molecule has 3 aromatic heterocycles. The SMILES string of the molecule is N#Cc1ccc(C(=O)N2CCC(c3nc(-c4ccccn4)ncc3-c3ccncc3)CC2)cc1. The predicted molar refractivity (Wildman–Crippen MR) is 128 cm³/mol. The molecule has 1 aromatic carbocycles. The minimum Gasteiger partial charge on any atom is -0.339 e. The smallest absolute Gasteiger partial charge is 0.253 e. The van der Waals surface area contributed by atoms with E-state index >= 15 is 0 Å². The maximum absolute atomic E-state index is 13.0. The normalized spacial score (nSPS) is 13.9. The molecule has 4 heterocycles. The van der Waals surface area contributed by atoms with Crippen LogP contribution in [0, 0.1) is 11.3 Å². The van der Waals surface area contributed by atoms with Crippen molar-refractivity contribution in [1.82, 2.24) is 24.8 Å². The molecule has 1 aliphatic heterocycles. The van der Waals surface area contributed by atoms with E-state index in [9.17, 15) is 4.79 Å². The van der Waals surface area contributed by atoms with Crippen molar-refractivity contribution in [2.75, 3.05) is 13.1 Å². The summed E-state index contributed by atoms with van der Waals surface area (Å²) >= 11 is 0. The van der Waals surface area contributed by atoms with Gasteiger partial charge in [-0.15, -0.1) is 0 Å². The highest BCUT2D eigenvalue weighted by Gasteiger charge is 2.28. The number of benzene rings is 1. The number of aromatic nitrogens is 4. The molecule has 0 saturated carbocycles. The molecular formula is C27H22N6O. The quantitative estimate of drug-likeness (QED) is 0.458. The fourth-order valence-electron chi connectivity index (χ4n) is 4.30. The number of likely N-dealkylation sites (tertiary alicyclic amines) is 1. The Morgan fingerprint density at radius 1 is 0.941 bits per heavy atom. The summed E-state index contributed by atoms with van der Waals surface area (Å²) in [5, 5.41) is 8.99. The minimum absolute atomic E-state index is 0.00541. The van der Waals surface area contributed by atoms with Crippen LogP contribution in [0.2, 0.25) is 0 Å². The van der Waals surface area contributed by atoms with Crippen molar-refractivity contribution in [3.8, 4) is 28.7 Å². The lowest BCUT2D eigenvalue weighted by Gasteiger charge is -2.32. The number of rotatable bonds is 4.